The Morgan fingerprint density at radius 1 is 1.12 bits per heavy atom. The van der Waals surface area contributed by atoms with Crippen molar-refractivity contribution in [2.75, 3.05) is 19.9 Å². The molecule has 1 heterocycles. The van der Waals surface area contributed by atoms with Gasteiger partial charge in [-0.3, -0.25) is 9.08 Å². The first-order chi connectivity index (χ1) is 12.0. The lowest BCUT2D eigenvalue weighted by Gasteiger charge is -2.22. The van der Waals surface area contributed by atoms with E-state index in [0.717, 1.165) is 6.42 Å². The van der Waals surface area contributed by atoms with Gasteiger partial charge in [-0.25, -0.2) is 0 Å². The van der Waals surface area contributed by atoms with E-state index in [2.05, 4.69) is 24.0 Å². The molecule has 0 N–H and O–H groups in total. The van der Waals surface area contributed by atoms with Crippen molar-refractivity contribution in [1.29, 1.82) is 0 Å². The van der Waals surface area contributed by atoms with E-state index in [1.54, 1.807) is 18.2 Å². The summed E-state index contributed by atoms with van der Waals surface area (Å²) in [4.78, 5) is 2.37. The second-order valence-electron chi connectivity index (χ2n) is 6.28. The van der Waals surface area contributed by atoms with Gasteiger partial charge < -0.3 is 4.74 Å². The Bertz CT molecular complexity index is 771. The summed E-state index contributed by atoms with van der Waals surface area (Å²) in [5, 5.41) is 0. The van der Waals surface area contributed by atoms with E-state index in [1.807, 2.05) is 18.2 Å². The highest BCUT2D eigenvalue weighted by molar-refractivity contribution is 7.86. The molecule has 1 aliphatic heterocycles. The molecule has 0 aliphatic carbocycles. The van der Waals surface area contributed by atoms with Gasteiger partial charge in [0.05, 0.1) is 24.3 Å². The van der Waals surface area contributed by atoms with Crippen LogP contribution in [0.25, 0.3) is 0 Å². The maximum atomic E-state index is 12.2. The van der Waals surface area contributed by atoms with Gasteiger partial charge in [-0.05, 0) is 31.0 Å². The van der Waals surface area contributed by atoms with Gasteiger partial charge in [-0.2, -0.15) is 8.42 Å². The monoisotopic (exact) mass is 397 g/mol. The minimum atomic E-state index is -3.73. The highest BCUT2D eigenvalue weighted by atomic mass is 35.5. The van der Waals surface area contributed by atoms with Gasteiger partial charge in [0.25, 0.3) is 10.1 Å². The standard InChI is InChI=1S/C19H23NO4S.ClH/c1-16(12-17-8-4-2-5-9-17)20-13-18(23-15-20)14-24-25(21,22)19-10-6-3-7-11-19;/h2-11,16,18H,12-15H2,1H3;1H. The molecule has 2 aromatic carbocycles. The van der Waals surface area contributed by atoms with Crippen LogP contribution in [0.5, 0.6) is 0 Å². The van der Waals surface area contributed by atoms with E-state index in [4.69, 9.17) is 8.92 Å². The second-order valence-corrected chi connectivity index (χ2v) is 7.89. The van der Waals surface area contributed by atoms with Crippen molar-refractivity contribution in [3.63, 3.8) is 0 Å². The van der Waals surface area contributed by atoms with Gasteiger partial charge in [-0.1, -0.05) is 48.5 Å². The van der Waals surface area contributed by atoms with Crippen LogP contribution >= 0.6 is 12.4 Å². The quantitative estimate of drug-likeness (QED) is 0.672. The Kier molecular flexibility index (Phi) is 7.61. The van der Waals surface area contributed by atoms with Crippen LogP contribution in [0.1, 0.15) is 12.5 Å². The van der Waals surface area contributed by atoms with E-state index in [9.17, 15) is 8.42 Å². The van der Waals surface area contributed by atoms with E-state index in [0.29, 0.717) is 19.3 Å². The van der Waals surface area contributed by atoms with Crippen LogP contribution in [-0.4, -0.2) is 45.3 Å². The molecule has 1 aliphatic rings. The van der Waals surface area contributed by atoms with Crippen molar-refractivity contribution in [3.8, 4) is 0 Å². The minimum Gasteiger partial charge on any atom is -0.359 e. The fourth-order valence-corrected chi connectivity index (χ4v) is 3.84. The van der Waals surface area contributed by atoms with E-state index < -0.39 is 10.1 Å². The van der Waals surface area contributed by atoms with Crippen LogP contribution in [-0.2, 0) is 25.5 Å². The average Bonchev–Trinajstić information content (AvgIpc) is 3.11. The van der Waals surface area contributed by atoms with Crippen molar-refractivity contribution in [1.82, 2.24) is 4.90 Å². The lowest BCUT2D eigenvalue weighted by molar-refractivity contribution is 0.0553. The van der Waals surface area contributed by atoms with Crippen LogP contribution in [0.4, 0.5) is 0 Å². The number of hydrogen-bond acceptors (Lipinski definition) is 5. The smallest absolute Gasteiger partial charge is 0.297 e. The summed E-state index contributed by atoms with van der Waals surface area (Å²) in [5.41, 5.74) is 1.28. The molecule has 26 heavy (non-hydrogen) atoms. The normalized spacial score (nSPS) is 19.0. The molecule has 0 amide bonds. The summed E-state index contributed by atoms with van der Waals surface area (Å²) in [7, 11) is -3.73. The van der Waals surface area contributed by atoms with Gasteiger partial charge in [0.2, 0.25) is 0 Å². The van der Waals surface area contributed by atoms with Crippen LogP contribution in [0.15, 0.2) is 65.6 Å². The Morgan fingerprint density at radius 2 is 1.73 bits per heavy atom. The molecular weight excluding hydrogens is 374 g/mol. The predicted molar refractivity (Wildman–Crippen MR) is 103 cm³/mol. The number of halogens is 1. The Hall–Kier alpha value is -1.44. The first-order valence-corrected chi connectivity index (χ1v) is 9.79. The number of nitrogens with zero attached hydrogens (tertiary/aromatic N) is 1. The highest BCUT2D eigenvalue weighted by Crippen LogP contribution is 2.18. The van der Waals surface area contributed by atoms with E-state index in [-0.39, 0.29) is 30.0 Å². The zero-order chi connectivity index (χ0) is 17.7. The molecule has 0 saturated carbocycles. The highest BCUT2D eigenvalue weighted by Gasteiger charge is 2.28. The fraction of sp³-hybridized carbons (Fsp3) is 0.368. The molecule has 1 saturated heterocycles. The molecule has 5 nitrogen and oxygen atoms in total. The maximum absolute atomic E-state index is 12.2. The van der Waals surface area contributed by atoms with Crippen molar-refractivity contribution < 1.29 is 17.3 Å². The molecule has 2 aromatic rings. The molecule has 7 heteroatoms. The summed E-state index contributed by atoms with van der Waals surface area (Å²) in [6.07, 6.45) is 0.691. The lowest BCUT2D eigenvalue weighted by atomic mass is 10.1. The zero-order valence-electron chi connectivity index (χ0n) is 14.7. The van der Waals surface area contributed by atoms with Crippen LogP contribution in [0.2, 0.25) is 0 Å². The molecule has 0 spiro atoms. The lowest BCUT2D eigenvalue weighted by Crippen LogP contribution is -2.34. The third kappa shape index (κ3) is 5.53. The second kappa shape index (κ2) is 9.48. The van der Waals surface area contributed by atoms with E-state index >= 15 is 0 Å². The zero-order valence-corrected chi connectivity index (χ0v) is 16.3. The molecular formula is C19H24ClNO4S. The molecule has 0 bridgehead atoms. The van der Waals surface area contributed by atoms with Gasteiger partial charge in [-0.15, -0.1) is 12.4 Å². The van der Waals surface area contributed by atoms with Gasteiger partial charge in [0, 0.05) is 12.6 Å². The maximum Gasteiger partial charge on any atom is 0.297 e. The number of ether oxygens (including phenoxy) is 1. The summed E-state index contributed by atoms with van der Waals surface area (Å²) in [6, 6.07) is 18.8. The van der Waals surface area contributed by atoms with Crippen molar-refractivity contribution in [2.24, 2.45) is 0 Å². The summed E-state index contributed by atoms with van der Waals surface area (Å²) < 4.78 is 35.2. The van der Waals surface area contributed by atoms with Gasteiger partial charge >= 0.3 is 0 Å². The number of hydrogen-bond donors (Lipinski definition) is 0. The molecule has 3 rings (SSSR count). The molecule has 1 fully saturated rings. The Labute approximate surface area is 161 Å². The topological polar surface area (TPSA) is 55.8 Å². The summed E-state index contributed by atoms with van der Waals surface area (Å²) in [5.74, 6) is 0. The first-order valence-electron chi connectivity index (χ1n) is 8.38. The minimum absolute atomic E-state index is 0. The van der Waals surface area contributed by atoms with Crippen LogP contribution in [0.3, 0.4) is 0 Å². The largest absolute Gasteiger partial charge is 0.359 e. The average molecular weight is 398 g/mol. The predicted octanol–water partition coefficient (Wildman–Crippen LogP) is 3.10. The third-order valence-electron chi connectivity index (χ3n) is 4.35. The molecule has 2 atom stereocenters. The number of benzene rings is 2. The molecule has 0 aromatic heterocycles. The van der Waals surface area contributed by atoms with Crippen LogP contribution in [0, 0.1) is 0 Å². The first kappa shape index (κ1) is 20.9. The van der Waals surface area contributed by atoms with Gasteiger partial charge in [0.1, 0.15) is 0 Å². The Balaban J connectivity index is 0.00000243. The molecule has 142 valence electrons. The van der Waals surface area contributed by atoms with Crippen molar-refractivity contribution in [3.05, 3.63) is 66.2 Å². The molecule has 2 unspecified atom stereocenters. The van der Waals surface area contributed by atoms with E-state index in [1.165, 1.54) is 17.7 Å². The van der Waals surface area contributed by atoms with Crippen molar-refractivity contribution in [2.45, 2.75) is 30.4 Å². The summed E-state index contributed by atoms with van der Waals surface area (Å²) >= 11 is 0. The van der Waals surface area contributed by atoms with Crippen LogP contribution < -0.4 is 0 Å². The molecule has 0 radical (unpaired) electrons. The number of rotatable bonds is 7. The third-order valence-corrected chi connectivity index (χ3v) is 5.65. The van der Waals surface area contributed by atoms with Crippen molar-refractivity contribution >= 4 is 22.5 Å². The fourth-order valence-electron chi connectivity index (χ4n) is 2.88. The van der Waals surface area contributed by atoms with Gasteiger partial charge in [0.15, 0.2) is 0 Å². The summed E-state index contributed by atoms with van der Waals surface area (Å²) in [6.45, 7) is 3.35. The Morgan fingerprint density at radius 3 is 2.38 bits per heavy atom. The SMILES string of the molecule is CC(Cc1ccccc1)N1COC(COS(=O)(=O)c2ccccc2)C1.Cl.